The number of hydrogen-bond acceptors (Lipinski definition) is 4. The van der Waals surface area contributed by atoms with Crippen molar-refractivity contribution in [1.82, 2.24) is 9.97 Å². The Morgan fingerprint density at radius 2 is 1.81 bits per heavy atom. The zero-order chi connectivity index (χ0) is 22.3. The van der Waals surface area contributed by atoms with Gasteiger partial charge in [0.05, 0.1) is 18.0 Å². The van der Waals surface area contributed by atoms with Gasteiger partial charge in [0.1, 0.15) is 11.6 Å². The number of H-pyrrole nitrogens is 1. The minimum atomic E-state index is -0.153. The minimum absolute atomic E-state index is 0.0797. The topological polar surface area (TPSA) is 84.1 Å². The van der Waals surface area contributed by atoms with E-state index in [0.717, 1.165) is 17.0 Å². The summed E-state index contributed by atoms with van der Waals surface area (Å²) in [6, 6.07) is 23.0. The van der Waals surface area contributed by atoms with Gasteiger partial charge in [-0.15, -0.1) is 0 Å². The van der Waals surface area contributed by atoms with Crippen molar-refractivity contribution in [2.45, 2.75) is 25.7 Å². The number of benzene rings is 3. The van der Waals surface area contributed by atoms with E-state index in [-0.39, 0.29) is 11.5 Å². The number of anilines is 1. The predicted molar refractivity (Wildman–Crippen MR) is 126 cm³/mol. The molecule has 0 unspecified atom stereocenters. The molecule has 0 atom stereocenters. The van der Waals surface area contributed by atoms with Crippen LogP contribution in [0.3, 0.4) is 0 Å². The smallest absolute Gasteiger partial charge is 0.258 e. The molecule has 4 aromatic rings. The van der Waals surface area contributed by atoms with Crippen molar-refractivity contribution < 1.29 is 9.53 Å². The lowest BCUT2D eigenvalue weighted by Crippen LogP contribution is -2.14. The Balaban J connectivity index is 1.37. The second-order valence-electron chi connectivity index (χ2n) is 7.62. The summed E-state index contributed by atoms with van der Waals surface area (Å²) in [5.41, 5.74) is 3.43. The Morgan fingerprint density at radius 3 is 2.62 bits per heavy atom. The number of para-hydroxylation sites is 1. The van der Waals surface area contributed by atoms with Gasteiger partial charge >= 0.3 is 0 Å². The first-order chi connectivity index (χ1) is 15.6. The molecule has 0 saturated heterocycles. The molecule has 1 aromatic heterocycles. The third-order valence-corrected chi connectivity index (χ3v) is 5.28. The summed E-state index contributed by atoms with van der Waals surface area (Å²) in [6.07, 6.45) is 2.15. The number of ether oxygens (including phenoxy) is 1. The largest absolute Gasteiger partial charge is 0.496 e. The molecule has 162 valence electrons. The van der Waals surface area contributed by atoms with E-state index in [2.05, 4.69) is 27.4 Å². The van der Waals surface area contributed by atoms with Crippen LogP contribution < -0.4 is 15.6 Å². The molecule has 2 N–H and O–H groups in total. The van der Waals surface area contributed by atoms with Crippen LogP contribution in [0, 0.1) is 0 Å². The monoisotopic (exact) mass is 427 g/mol. The van der Waals surface area contributed by atoms with Gasteiger partial charge in [-0.2, -0.15) is 0 Å². The average Bonchev–Trinajstić information content (AvgIpc) is 2.80. The van der Waals surface area contributed by atoms with Crippen molar-refractivity contribution in [2.24, 2.45) is 0 Å². The highest BCUT2D eigenvalue weighted by Crippen LogP contribution is 2.25. The van der Waals surface area contributed by atoms with Crippen LogP contribution in [0.4, 0.5) is 5.69 Å². The molecule has 0 bridgehead atoms. The molecule has 0 aliphatic rings. The van der Waals surface area contributed by atoms with Crippen LogP contribution in [0.5, 0.6) is 5.75 Å². The van der Waals surface area contributed by atoms with Gasteiger partial charge in [0.2, 0.25) is 5.91 Å². The predicted octanol–water partition coefficient (Wildman–Crippen LogP) is 4.48. The van der Waals surface area contributed by atoms with Gasteiger partial charge in [0.25, 0.3) is 5.56 Å². The lowest BCUT2D eigenvalue weighted by molar-refractivity contribution is -0.116. The maximum Gasteiger partial charge on any atom is 0.258 e. The van der Waals surface area contributed by atoms with E-state index in [1.165, 1.54) is 5.56 Å². The van der Waals surface area contributed by atoms with Crippen molar-refractivity contribution in [3.63, 3.8) is 0 Å². The van der Waals surface area contributed by atoms with Gasteiger partial charge in [0, 0.05) is 30.5 Å². The molecule has 0 saturated carbocycles. The quantitative estimate of drug-likeness (QED) is 0.434. The normalized spacial score (nSPS) is 10.8. The summed E-state index contributed by atoms with van der Waals surface area (Å²) in [5.74, 6) is 1.30. The zero-order valence-corrected chi connectivity index (χ0v) is 17.9. The summed E-state index contributed by atoms with van der Waals surface area (Å²) < 4.78 is 5.48. The number of aromatic nitrogens is 2. The third kappa shape index (κ3) is 5.21. The van der Waals surface area contributed by atoms with Crippen molar-refractivity contribution >= 4 is 22.5 Å². The molecular weight excluding hydrogens is 402 g/mol. The Labute approximate surface area is 186 Å². The number of amides is 1. The highest BCUT2D eigenvalue weighted by Gasteiger charge is 2.09. The summed E-state index contributed by atoms with van der Waals surface area (Å²) in [5, 5.41) is 3.53. The molecule has 0 spiro atoms. The number of hydrogen-bond donors (Lipinski definition) is 2. The molecule has 3 aromatic carbocycles. The molecule has 6 heteroatoms. The van der Waals surface area contributed by atoms with Gasteiger partial charge in [0.15, 0.2) is 0 Å². The fourth-order valence-electron chi connectivity index (χ4n) is 3.70. The molecule has 0 aliphatic heterocycles. The number of rotatable bonds is 8. The van der Waals surface area contributed by atoms with Crippen LogP contribution in [0.25, 0.3) is 10.9 Å². The maximum absolute atomic E-state index is 12.5. The molecule has 0 radical (unpaired) electrons. The van der Waals surface area contributed by atoms with E-state index >= 15 is 0 Å². The second kappa shape index (κ2) is 9.92. The molecule has 32 heavy (non-hydrogen) atoms. The molecule has 4 rings (SSSR count). The molecular formula is C26H25N3O3. The van der Waals surface area contributed by atoms with Gasteiger partial charge in [-0.1, -0.05) is 42.5 Å². The first-order valence-corrected chi connectivity index (χ1v) is 10.6. The highest BCUT2D eigenvalue weighted by molar-refractivity contribution is 5.90. The van der Waals surface area contributed by atoms with Crippen molar-refractivity contribution in [1.29, 1.82) is 0 Å². The standard InChI is InChI=1S/C26H25N3O3/c1-32-23-15-14-20(17-19(23)16-18-8-3-2-4-9-18)27-25(30)13-7-12-24-28-22-11-6-5-10-21(22)26(31)29-24/h2-6,8-11,14-15,17H,7,12-13,16H2,1H3,(H,27,30)(H,28,29,31). The number of fused-ring (bicyclic) bond motifs is 1. The summed E-state index contributed by atoms with van der Waals surface area (Å²) >= 11 is 0. The molecule has 0 fully saturated rings. The number of aromatic amines is 1. The third-order valence-electron chi connectivity index (χ3n) is 5.28. The fourth-order valence-corrected chi connectivity index (χ4v) is 3.70. The van der Waals surface area contributed by atoms with Crippen LogP contribution in [-0.4, -0.2) is 23.0 Å². The lowest BCUT2D eigenvalue weighted by atomic mass is 10.0. The maximum atomic E-state index is 12.5. The van der Waals surface area contributed by atoms with Crippen LogP contribution in [-0.2, 0) is 17.6 Å². The molecule has 6 nitrogen and oxygen atoms in total. The van der Waals surface area contributed by atoms with E-state index in [9.17, 15) is 9.59 Å². The minimum Gasteiger partial charge on any atom is -0.496 e. The van der Waals surface area contributed by atoms with Gasteiger partial charge in [-0.25, -0.2) is 4.98 Å². The van der Waals surface area contributed by atoms with Crippen LogP contribution in [0.2, 0.25) is 0 Å². The zero-order valence-electron chi connectivity index (χ0n) is 17.9. The number of carbonyl (C=O) groups is 1. The fraction of sp³-hybridized carbons (Fsp3) is 0.192. The van der Waals surface area contributed by atoms with E-state index in [0.29, 0.717) is 42.4 Å². The Kier molecular flexibility index (Phi) is 6.60. The van der Waals surface area contributed by atoms with Crippen molar-refractivity contribution in [3.8, 4) is 5.75 Å². The van der Waals surface area contributed by atoms with E-state index in [1.807, 2.05) is 54.6 Å². The Bertz CT molecular complexity index is 1280. The lowest BCUT2D eigenvalue weighted by Gasteiger charge is -2.12. The number of methoxy groups -OCH3 is 1. The van der Waals surface area contributed by atoms with Crippen molar-refractivity contribution in [2.75, 3.05) is 12.4 Å². The summed E-state index contributed by atoms with van der Waals surface area (Å²) in [6.45, 7) is 0. The van der Waals surface area contributed by atoms with Crippen molar-refractivity contribution in [3.05, 3.63) is 100 Å². The number of nitrogens with zero attached hydrogens (tertiary/aromatic N) is 1. The highest BCUT2D eigenvalue weighted by atomic mass is 16.5. The molecule has 1 heterocycles. The van der Waals surface area contributed by atoms with Gasteiger partial charge < -0.3 is 15.0 Å². The molecule has 1 amide bonds. The first kappa shape index (κ1) is 21.3. The van der Waals surface area contributed by atoms with Crippen LogP contribution >= 0.6 is 0 Å². The van der Waals surface area contributed by atoms with Crippen LogP contribution in [0.15, 0.2) is 77.6 Å². The number of nitrogens with one attached hydrogen (secondary N) is 2. The van der Waals surface area contributed by atoms with Gasteiger partial charge in [-0.3, -0.25) is 9.59 Å². The van der Waals surface area contributed by atoms with Crippen LogP contribution in [0.1, 0.15) is 29.8 Å². The Morgan fingerprint density at radius 1 is 1.03 bits per heavy atom. The molecule has 0 aliphatic carbocycles. The first-order valence-electron chi connectivity index (χ1n) is 10.6. The number of aryl methyl sites for hydroxylation is 1. The Hall–Kier alpha value is -3.93. The number of carbonyl (C=O) groups excluding carboxylic acids is 1. The van der Waals surface area contributed by atoms with E-state index < -0.39 is 0 Å². The summed E-state index contributed by atoms with van der Waals surface area (Å²) in [7, 11) is 1.65. The average molecular weight is 428 g/mol. The van der Waals surface area contributed by atoms with E-state index in [4.69, 9.17) is 4.74 Å². The van der Waals surface area contributed by atoms with Gasteiger partial charge in [-0.05, 0) is 42.3 Å². The summed E-state index contributed by atoms with van der Waals surface area (Å²) in [4.78, 5) is 31.9. The second-order valence-corrected chi connectivity index (χ2v) is 7.62. The SMILES string of the molecule is COc1ccc(NC(=O)CCCc2nc3ccccc3c(=O)[nH]2)cc1Cc1ccccc1. The van der Waals surface area contributed by atoms with E-state index in [1.54, 1.807) is 13.2 Å².